The van der Waals surface area contributed by atoms with Gasteiger partial charge in [0.15, 0.2) is 0 Å². The van der Waals surface area contributed by atoms with Crippen LogP contribution >= 0.6 is 11.8 Å². The normalized spacial score (nSPS) is 22.9. The van der Waals surface area contributed by atoms with Gasteiger partial charge < -0.3 is 14.2 Å². The summed E-state index contributed by atoms with van der Waals surface area (Å²) in [5.74, 6) is 3.48. The van der Waals surface area contributed by atoms with Gasteiger partial charge in [0.05, 0.1) is 32.3 Å². The minimum absolute atomic E-state index is 0.194. The van der Waals surface area contributed by atoms with Crippen molar-refractivity contribution in [3.8, 4) is 17.2 Å². The highest BCUT2D eigenvalue weighted by Gasteiger charge is 2.26. The third-order valence-corrected chi connectivity index (χ3v) is 4.46. The van der Waals surface area contributed by atoms with E-state index in [1.54, 1.807) is 21.3 Å². The van der Waals surface area contributed by atoms with Crippen molar-refractivity contribution >= 4 is 11.8 Å². The highest BCUT2D eigenvalue weighted by Crippen LogP contribution is 2.44. The maximum absolute atomic E-state index is 5.51. The topological polar surface area (TPSA) is 39.7 Å². The molecule has 1 aliphatic rings. The monoisotopic (exact) mass is 283 g/mol. The molecule has 1 aliphatic heterocycles. The first-order valence-corrected chi connectivity index (χ1v) is 7.42. The maximum Gasteiger partial charge on any atom is 0.131 e. The summed E-state index contributed by atoms with van der Waals surface area (Å²) in [6.45, 7) is 2.20. The summed E-state index contributed by atoms with van der Waals surface area (Å²) in [7, 11) is 4.99. The second-order valence-electron chi connectivity index (χ2n) is 4.55. The molecule has 2 atom stereocenters. The fraction of sp³-hybridized carbons (Fsp3) is 0.571. The van der Waals surface area contributed by atoms with Crippen LogP contribution in [0.25, 0.3) is 0 Å². The molecule has 0 spiro atoms. The van der Waals surface area contributed by atoms with Crippen LogP contribution in [-0.4, -0.2) is 33.1 Å². The van der Waals surface area contributed by atoms with E-state index in [0.717, 1.165) is 28.6 Å². The smallest absolute Gasteiger partial charge is 0.131 e. The van der Waals surface area contributed by atoms with Gasteiger partial charge in [-0.2, -0.15) is 0 Å². The maximum atomic E-state index is 5.51. The van der Waals surface area contributed by atoms with E-state index in [1.165, 1.54) is 6.42 Å². The van der Waals surface area contributed by atoms with Gasteiger partial charge in [-0.1, -0.05) is 0 Å². The second-order valence-corrected chi connectivity index (χ2v) is 5.77. The molecule has 1 saturated heterocycles. The van der Waals surface area contributed by atoms with E-state index in [9.17, 15) is 0 Å². The molecular weight excluding hydrogens is 262 g/mol. The second kappa shape index (κ2) is 6.39. The van der Waals surface area contributed by atoms with Crippen LogP contribution in [0.5, 0.6) is 17.2 Å². The van der Waals surface area contributed by atoms with Crippen molar-refractivity contribution in [3.63, 3.8) is 0 Å². The minimum atomic E-state index is 0.194. The van der Waals surface area contributed by atoms with Crippen LogP contribution in [0.4, 0.5) is 0 Å². The van der Waals surface area contributed by atoms with Crippen molar-refractivity contribution in [2.45, 2.75) is 24.8 Å². The molecule has 106 valence electrons. The Bertz CT molecular complexity index is 414. The SMILES string of the molecule is COc1cc(OC)c(C2NC(C)CCS2)c(OC)c1. The lowest BCUT2D eigenvalue weighted by Gasteiger charge is -2.30. The highest BCUT2D eigenvalue weighted by molar-refractivity contribution is 7.99. The van der Waals surface area contributed by atoms with Crippen LogP contribution in [0.15, 0.2) is 12.1 Å². The largest absolute Gasteiger partial charge is 0.496 e. The van der Waals surface area contributed by atoms with E-state index in [1.807, 2.05) is 23.9 Å². The Labute approximate surface area is 118 Å². The van der Waals surface area contributed by atoms with Crippen molar-refractivity contribution in [3.05, 3.63) is 17.7 Å². The predicted octanol–water partition coefficient (Wildman–Crippen LogP) is 2.83. The van der Waals surface area contributed by atoms with Crippen LogP contribution in [0.1, 0.15) is 24.3 Å². The fourth-order valence-electron chi connectivity index (χ4n) is 2.21. The molecular formula is C14H21NO3S. The molecule has 1 heterocycles. The van der Waals surface area contributed by atoms with Crippen molar-refractivity contribution < 1.29 is 14.2 Å². The van der Waals surface area contributed by atoms with Crippen LogP contribution in [0.3, 0.4) is 0 Å². The van der Waals surface area contributed by atoms with Gasteiger partial charge in [0.1, 0.15) is 17.2 Å². The molecule has 0 bridgehead atoms. The molecule has 1 aromatic rings. The van der Waals surface area contributed by atoms with Crippen LogP contribution < -0.4 is 19.5 Å². The van der Waals surface area contributed by atoms with Gasteiger partial charge in [0.2, 0.25) is 0 Å². The molecule has 1 N–H and O–H groups in total. The van der Waals surface area contributed by atoms with E-state index in [0.29, 0.717) is 6.04 Å². The average Bonchev–Trinajstić information content (AvgIpc) is 2.45. The number of hydrogen-bond acceptors (Lipinski definition) is 5. The Kier molecular flexibility index (Phi) is 4.82. The average molecular weight is 283 g/mol. The van der Waals surface area contributed by atoms with Gasteiger partial charge in [-0.25, -0.2) is 0 Å². The molecule has 0 saturated carbocycles. The summed E-state index contributed by atoms with van der Waals surface area (Å²) in [6.07, 6.45) is 1.18. The predicted molar refractivity (Wildman–Crippen MR) is 78.5 cm³/mol. The molecule has 1 aromatic carbocycles. The van der Waals surface area contributed by atoms with Crippen LogP contribution in [0.2, 0.25) is 0 Å². The van der Waals surface area contributed by atoms with Crippen molar-refractivity contribution in [2.24, 2.45) is 0 Å². The molecule has 0 radical (unpaired) electrons. The Morgan fingerprint density at radius 2 is 1.74 bits per heavy atom. The van der Waals surface area contributed by atoms with Gasteiger partial charge in [-0.3, -0.25) is 5.32 Å². The lowest BCUT2D eigenvalue weighted by atomic mass is 10.1. The molecule has 19 heavy (non-hydrogen) atoms. The molecule has 0 aromatic heterocycles. The number of rotatable bonds is 4. The number of methoxy groups -OCH3 is 3. The molecule has 0 amide bonds. The highest BCUT2D eigenvalue weighted by atomic mass is 32.2. The summed E-state index contributed by atoms with van der Waals surface area (Å²) in [6, 6.07) is 4.31. The zero-order valence-corrected chi connectivity index (χ0v) is 12.7. The van der Waals surface area contributed by atoms with E-state index < -0.39 is 0 Å². The van der Waals surface area contributed by atoms with Gasteiger partial charge in [-0.05, 0) is 19.1 Å². The summed E-state index contributed by atoms with van der Waals surface area (Å²) in [5.41, 5.74) is 1.06. The summed E-state index contributed by atoms with van der Waals surface area (Å²) in [5, 5.41) is 3.78. The number of benzene rings is 1. The van der Waals surface area contributed by atoms with E-state index >= 15 is 0 Å². The molecule has 0 aliphatic carbocycles. The number of thioether (sulfide) groups is 1. The minimum Gasteiger partial charge on any atom is -0.496 e. The van der Waals surface area contributed by atoms with Crippen LogP contribution in [-0.2, 0) is 0 Å². The van der Waals surface area contributed by atoms with Gasteiger partial charge in [0, 0.05) is 18.2 Å². The molecule has 2 unspecified atom stereocenters. The third-order valence-electron chi connectivity index (χ3n) is 3.29. The fourth-order valence-corrected chi connectivity index (χ4v) is 3.66. The zero-order valence-electron chi connectivity index (χ0n) is 11.9. The van der Waals surface area contributed by atoms with E-state index in [2.05, 4.69) is 12.2 Å². The van der Waals surface area contributed by atoms with Crippen molar-refractivity contribution in [1.29, 1.82) is 0 Å². The van der Waals surface area contributed by atoms with Gasteiger partial charge in [-0.15, -0.1) is 11.8 Å². The summed E-state index contributed by atoms with van der Waals surface area (Å²) < 4.78 is 16.3. The Morgan fingerprint density at radius 1 is 1.11 bits per heavy atom. The third kappa shape index (κ3) is 3.09. The Balaban J connectivity index is 2.41. The first-order chi connectivity index (χ1) is 9.19. The Morgan fingerprint density at radius 3 is 2.21 bits per heavy atom. The first kappa shape index (κ1) is 14.3. The molecule has 2 rings (SSSR count). The van der Waals surface area contributed by atoms with Crippen molar-refractivity contribution in [1.82, 2.24) is 5.32 Å². The summed E-state index contributed by atoms with van der Waals surface area (Å²) >= 11 is 1.88. The number of hydrogen-bond donors (Lipinski definition) is 1. The quantitative estimate of drug-likeness (QED) is 0.920. The number of nitrogens with one attached hydrogen (secondary N) is 1. The standard InChI is InChI=1S/C14H21NO3S/c1-9-5-6-19-14(15-9)13-11(17-3)7-10(16-2)8-12(13)18-4/h7-9,14-15H,5-6H2,1-4H3. The molecule has 5 heteroatoms. The van der Waals surface area contributed by atoms with Gasteiger partial charge in [0.25, 0.3) is 0 Å². The zero-order chi connectivity index (χ0) is 13.8. The lowest BCUT2D eigenvalue weighted by Crippen LogP contribution is -2.34. The molecule has 4 nitrogen and oxygen atoms in total. The summed E-state index contributed by atoms with van der Waals surface area (Å²) in [4.78, 5) is 0. The van der Waals surface area contributed by atoms with E-state index in [-0.39, 0.29) is 5.37 Å². The first-order valence-electron chi connectivity index (χ1n) is 6.37. The molecule has 1 fully saturated rings. The lowest BCUT2D eigenvalue weighted by molar-refractivity contribution is 0.363. The van der Waals surface area contributed by atoms with Crippen molar-refractivity contribution in [2.75, 3.05) is 27.1 Å². The number of ether oxygens (including phenoxy) is 3. The Hall–Kier alpha value is -1.07. The van der Waals surface area contributed by atoms with Gasteiger partial charge >= 0.3 is 0 Å². The van der Waals surface area contributed by atoms with E-state index in [4.69, 9.17) is 14.2 Å². The van der Waals surface area contributed by atoms with Crippen LogP contribution in [0, 0.1) is 0 Å².